The molecule has 0 aliphatic carbocycles. The van der Waals surface area contributed by atoms with Gasteiger partial charge in [0.15, 0.2) is 0 Å². The Morgan fingerprint density at radius 1 is 0.432 bits per heavy atom. The lowest BCUT2D eigenvalue weighted by Crippen LogP contribution is -2.40. The lowest BCUT2D eigenvalue weighted by molar-refractivity contribution is -0.0313. The maximum Gasteiger partial charge on any atom is 0.0958 e. The van der Waals surface area contributed by atoms with Crippen LogP contribution in [0.1, 0.15) is 207 Å². The molecule has 0 aromatic heterocycles. The Kier molecular flexibility index (Phi) is 38.0. The van der Waals surface area contributed by atoms with Crippen LogP contribution in [0.4, 0.5) is 0 Å². The molecule has 0 saturated heterocycles. The molecular formula is C41H81NO2. The summed E-state index contributed by atoms with van der Waals surface area (Å²) in [6.45, 7) is 9.02. The third-order valence-corrected chi connectivity index (χ3v) is 9.02. The van der Waals surface area contributed by atoms with Crippen LogP contribution in [0.5, 0.6) is 0 Å². The summed E-state index contributed by atoms with van der Waals surface area (Å²) in [7, 11) is 0. The monoisotopic (exact) mass is 620 g/mol. The minimum atomic E-state index is 0.0391. The molecule has 2 unspecified atom stereocenters. The zero-order valence-corrected chi connectivity index (χ0v) is 30.5. The van der Waals surface area contributed by atoms with Gasteiger partial charge in [-0.2, -0.15) is 0 Å². The summed E-state index contributed by atoms with van der Waals surface area (Å²) in [5.41, 5.74) is 6.35. The van der Waals surface area contributed by atoms with Crippen molar-refractivity contribution >= 4 is 0 Å². The van der Waals surface area contributed by atoms with E-state index in [0.29, 0.717) is 6.61 Å². The number of allylic oxidation sites excluding steroid dienone is 4. The second kappa shape index (κ2) is 38.5. The van der Waals surface area contributed by atoms with Crippen LogP contribution in [0.3, 0.4) is 0 Å². The van der Waals surface area contributed by atoms with Gasteiger partial charge in [-0.3, -0.25) is 0 Å². The van der Waals surface area contributed by atoms with Gasteiger partial charge in [-0.1, -0.05) is 161 Å². The van der Waals surface area contributed by atoms with Crippen LogP contribution in [0, 0.1) is 0 Å². The van der Waals surface area contributed by atoms with E-state index in [1.807, 2.05) is 0 Å². The van der Waals surface area contributed by atoms with Crippen LogP contribution < -0.4 is 5.73 Å². The van der Waals surface area contributed by atoms with Crippen LogP contribution >= 0.6 is 0 Å². The zero-order valence-electron chi connectivity index (χ0n) is 30.5. The summed E-state index contributed by atoms with van der Waals surface area (Å²) in [5.74, 6) is 0. The zero-order chi connectivity index (χ0) is 32.0. The van der Waals surface area contributed by atoms with E-state index < -0.39 is 0 Å². The molecule has 0 bridgehead atoms. The predicted molar refractivity (Wildman–Crippen MR) is 198 cm³/mol. The first-order chi connectivity index (χ1) is 21.8. The number of nitrogens with two attached hydrogens (primary N) is 1. The quantitative estimate of drug-likeness (QED) is 0.0555. The molecule has 0 amide bonds. The van der Waals surface area contributed by atoms with Crippen molar-refractivity contribution in [3.63, 3.8) is 0 Å². The van der Waals surface area contributed by atoms with Gasteiger partial charge in [0.05, 0.1) is 12.7 Å². The van der Waals surface area contributed by atoms with Crippen LogP contribution in [-0.4, -0.2) is 32.0 Å². The molecule has 0 saturated carbocycles. The molecule has 0 fully saturated rings. The summed E-state index contributed by atoms with van der Waals surface area (Å²) < 4.78 is 12.2. The SMILES string of the molecule is CCCCCCCC/C=C\CCCCCCCCOCC(OCCCCCCCC/C=C\CCCCCCCC)C(N)CC. The van der Waals surface area contributed by atoms with E-state index in [1.54, 1.807) is 0 Å². The highest BCUT2D eigenvalue weighted by Gasteiger charge is 2.17. The number of ether oxygens (including phenoxy) is 2. The molecule has 3 heteroatoms. The second-order valence-electron chi connectivity index (χ2n) is 13.4. The minimum absolute atomic E-state index is 0.0391. The summed E-state index contributed by atoms with van der Waals surface area (Å²) in [5, 5.41) is 0. The average Bonchev–Trinajstić information content (AvgIpc) is 3.04. The van der Waals surface area contributed by atoms with Crippen molar-refractivity contribution in [1.29, 1.82) is 0 Å². The van der Waals surface area contributed by atoms with Gasteiger partial charge in [-0.05, 0) is 70.6 Å². The first-order valence-electron chi connectivity index (χ1n) is 20.0. The lowest BCUT2D eigenvalue weighted by Gasteiger charge is -2.23. The molecule has 0 aromatic carbocycles. The standard InChI is InChI=1S/C41H81NO2/c1-4-7-9-11-13-15-17-19-21-23-25-27-29-31-33-35-37-43-39-41(40(42)6-3)44-38-36-34-32-30-28-26-24-22-20-18-16-14-12-10-8-5-2/h19-22,40-41H,4-18,23-39,42H2,1-3H3/b21-19-,22-20-. The molecule has 0 spiro atoms. The lowest BCUT2D eigenvalue weighted by atomic mass is 10.1. The number of hydrogen-bond donors (Lipinski definition) is 1. The molecule has 0 aromatic rings. The molecule has 0 radical (unpaired) electrons. The fourth-order valence-corrected chi connectivity index (χ4v) is 5.79. The number of rotatable bonds is 37. The molecule has 0 heterocycles. The van der Waals surface area contributed by atoms with E-state index in [1.165, 1.54) is 167 Å². The van der Waals surface area contributed by atoms with Crippen LogP contribution in [-0.2, 0) is 9.47 Å². The van der Waals surface area contributed by atoms with E-state index in [9.17, 15) is 0 Å². The molecular weight excluding hydrogens is 538 g/mol. The molecule has 2 atom stereocenters. The second-order valence-corrected chi connectivity index (χ2v) is 13.4. The third kappa shape index (κ3) is 34.2. The van der Waals surface area contributed by atoms with Crippen molar-refractivity contribution in [1.82, 2.24) is 0 Å². The molecule has 3 nitrogen and oxygen atoms in total. The van der Waals surface area contributed by atoms with Crippen LogP contribution in [0.15, 0.2) is 24.3 Å². The van der Waals surface area contributed by atoms with Crippen molar-refractivity contribution in [3.05, 3.63) is 24.3 Å². The van der Waals surface area contributed by atoms with Crippen molar-refractivity contribution in [3.8, 4) is 0 Å². The summed E-state index contributed by atoms with van der Waals surface area (Å²) in [6.07, 6.45) is 48.0. The Hall–Kier alpha value is -0.640. The van der Waals surface area contributed by atoms with Gasteiger partial charge in [-0.15, -0.1) is 0 Å². The van der Waals surface area contributed by atoms with Gasteiger partial charge in [0.2, 0.25) is 0 Å². The summed E-state index contributed by atoms with van der Waals surface area (Å²) >= 11 is 0. The van der Waals surface area contributed by atoms with Crippen molar-refractivity contribution in [2.45, 2.75) is 219 Å². The maximum atomic E-state index is 6.35. The smallest absolute Gasteiger partial charge is 0.0958 e. The largest absolute Gasteiger partial charge is 0.379 e. The van der Waals surface area contributed by atoms with Gasteiger partial charge in [0.1, 0.15) is 0 Å². The molecule has 0 aliphatic heterocycles. The highest BCUT2D eigenvalue weighted by atomic mass is 16.5. The van der Waals surface area contributed by atoms with Crippen LogP contribution in [0.25, 0.3) is 0 Å². The molecule has 0 aliphatic rings. The van der Waals surface area contributed by atoms with E-state index in [0.717, 1.165) is 32.5 Å². The Morgan fingerprint density at radius 3 is 1.16 bits per heavy atom. The Labute approximate surface area is 278 Å². The van der Waals surface area contributed by atoms with Crippen molar-refractivity contribution in [2.24, 2.45) is 5.73 Å². The van der Waals surface area contributed by atoms with Crippen molar-refractivity contribution < 1.29 is 9.47 Å². The van der Waals surface area contributed by atoms with E-state index in [-0.39, 0.29) is 12.1 Å². The number of hydrogen-bond acceptors (Lipinski definition) is 3. The predicted octanol–water partition coefficient (Wildman–Crippen LogP) is 13.2. The normalized spacial score (nSPS) is 13.5. The van der Waals surface area contributed by atoms with Crippen molar-refractivity contribution in [2.75, 3.05) is 19.8 Å². The first kappa shape index (κ1) is 43.4. The Balaban J connectivity index is 3.53. The summed E-state index contributed by atoms with van der Waals surface area (Å²) in [4.78, 5) is 0. The third-order valence-electron chi connectivity index (χ3n) is 9.02. The molecule has 262 valence electrons. The van der Waals surface area contributed by atoms with E-state index in [2.05, 4.69) is 45.1 Å². The van der Waals surface area contributed by atoms with Gasteiger partial charge in [0, 0.05) is 19.3 Å². The Bertz CT molecular complexity index is 575. The molecule has 44 heavy (non-hydrogen) atoms. The average molecular weight is 620 g/mol. The fourth-order valence-electron chi connectivity index (χ4n) is 5.79. The molecule has 0 rings (SSSR count). The van der Waals surface area contributed by atoms with Gasteiger partial charge >= 0.3 is 0 Å². The minimum Gasteiger partial charge on any atom is -0.379 e. The van der Waals surface area contributed by atoms with E-state index in [4.69, 9.17) is 15.2 Å². The van der Waals surface area contributed by atoms with Crippen LogP contribution in [0.2, 0.25) is 0 Å². The van der Waals surface area contributed by atoms with Gasteiger partial charge < -0.3 is 15.2 Å². The topological polar surface area (TPSA) is 44.5 Å². The highest BCUT2D eigenvalue weighted by molar-refractivity contribution is 4.82. The fraction of sp³-hybridized carbons (Fsp3) is 0.902. The van der Waals surface area contributed by atoms with E-state index >= 15 is 0 Å². The first-order valence-corrected chi connectivity index (χ1v) is 20.0. The summed E-state index contributed by atoms with van der Waals surface area (Å²) in [6, 6.07) is 0.0731. The maximum absolute atomic E-state index is 6.35. The van der Waals surface area contributed by atoms with Gasteiger partial charge in [-0.25, -0.2) is 0 Å². The Morgan fingerprint density at radius 2 is 0.773 bits per heavy atom. The molecule has 2 N–H and O–H groups in total. The number of unbranched alkanes of at least 4 members (excludes halogenated alkanes) is 24. The van der Waals surface area contributed by atoms with Gasteiger partial charge in [0.25, 0.3) is 0 Å². The highest BCUT2D eigenvalue weighted by Crippen LogP contribution is 2.13.